The van der Waals surface area contributed by atoms with Crippen LogP contribution in [-0.4, -0.2) is 43.9 Å². The van der Waals surface area contributed by atoms with Crippen LogP contribution in [0, 0.1) is 0 Å². The molecule has 0 aromatic carbocycles. The average Bonchev–Trinajstić information content (AvgIpc) is 2.68. The zero-order valence-corrected chi connectivity index (χ0v) is 10.7. The molecule has 0 atom stereocenters. The normalized spacial score (nSPS) is 18.5. The zero-order valence-electron chi connectivity index (χ0n) is 9.78. The van der Waals surface area contributed by atoms with Gasteiger partial charge in [-0.3, -0.25) is 4.57 Å². The minimum atomic E-state index is -2.81. The second kappa shape index (κ2) is 6.64. The first-order valence-corrected chi connectivity index (χ1v) is 7.53. The lowest BCUT2D eigenvalue weighted by Gasteiger charge is -2.20. The molecule has 0 saturated carbocycles. The summed E-state index contributed by atoms with van der Waals surface area (Å²) in [4.78, 5) is 2.32. The Morgan fingerprint density at radius 2 is 1.67 bits per heavy atom. The monoisotopic (exact) mass is 235 g/mol. The van der Waals surface area contributed by atoms with E-state index >= 15 is 0 Å². The van der Waals surface area contributed by atoms with E-state index in [1.807, 2.05) is 13.8 Å². The predicted molar refractivity (Wildman–Crippen MR) is 61.4 cm³/mol. The lowest BCUT2D eigenvalue weighted by atomic mass is 10.4. The van der Waals surface area contributed by atoms with E-state index in [1.165, 1.54) is 12.8 Å². The van der Waals surface area contributed by atoms with Crippen molar-refractivity contribution >= 4 is 7.60 Å². The largest absolute Gasteiger partial charge is 0.331 e. The molecule has 1 saturated heterocycles. The van der Waals surface area contributed by atoms with Gasteiger partial charge < -0.3 is 13.9 Å². The van der Waals surface area contributed by atoms with E-state index in [0.29, 0.717) is 19.4 Å². The highest BCUT2D eigenvalue weighted by atomic mass is 31.2. The molecule has 0 radical (unpaired) electrons. The number of likely N-dealkylation sites (tertiary alicyclic amines) is 1. The van der Waals surface area contributed by atoms with E-state index in [-0.39, 0.29) is 0 Å². The van der Waals surface area contributed by atoms with Gasteiger partial charge in [-0.05, 0) is 39.8 Å². The summed E-state index contributed by atoms with van der Waals surface area (Å²) in [6.07, 6.45) is 3.04. The molecular formula is C10H22NO3P. The van der Waals surface area contributed by atoms with E-state index in [0.717, 1.165) is 19.6 Å². The Morgan fingerprint density at radius 1 is 1.13 bits per heavy atom. The van der Waals surface area contributed by atoms with Crippen LogP contribution >= 0.6 is 7.60 Å². The van der Waals surface area contributed by atoms with Gasteiger partial charge in [0.05, 0.1) is 19.4 Å². The quantitative estimate of drug-likeness (QED) is 0.635. The number of rotatable bonds is 7. The lowest BCUT2D eigenvalue weighted by molar-refractivity contribution is 0.215. The molecule has 4 nitrogen and oxygen atoms in total. The molecule has 1 aliphatic rings. The molecule has 1 rings (SSSR count). The van der Waals surface area contributed by atoms with Crippen molar-refractivity contribution in [1.29, 1.82) is 0 Å². The lowest BCUT2D eigenvalue weighted by Crippen LogP contribution is -2.23. The minimum Gasteiger partial charge on any atom is -0.309 e. The van der Waals surface area contributed by atoms with Gasteiger partial charge in [0.1, 0.15) is 0 Å². The van der Waals surface area contributed by atoms with Crippen LogP contribution in [0.1, 0.15) is 26.7 Å². The van der Waals surface area contributed by atoms with Crippen molar-refractivity contribution in [2.45, 2.75) is 26.7 Å². The van der Waals surface area contributed by atoms with E-state index < -0.39 is 7.60 Å². The van der Waals surface area contributed by atoms with Gasteiger partial charge in [-0.2, -0.15) is 0 Å². The average molecular weight is 235 g/mol. The van der Waals surface area contributed by atoms with Crippen LogP contribution in [-0.2, 0) is 13.6 Å². The van der Waals surface area contributed by atoms with Crippen molar-refractivity contribution < 1.29 is 13.6 Å². The van der Waals surface area contributed by atoms with Crippen molar-refractivity contribution in [3.05, 3.63) is 0 Å². The summed E-state index contributed by atoms with van der Waals surface area (Å²) < 4.78 is 22.6. The first-order valence-electron chi connectivity index (χ1n) is 5.80. The third-order valence-electron chi connectivity index (χ3n) is 2.54. The van der Waals surface area contributed by atoms with Crippen molar-refractivity contribution in [3.63, 3.8) is 0 Å². The third-order valence-corrected chi connectivity index (χ3v) is 4.59. The maximum atomic E-state index is 12.1. The maximum Gasteiger partial charge on any atom is 0.331 e. The SMILES string of the molecule is CCOP(=O)(CCN1CCCC1)OCC. The molecule has 0 aliphatic carbocycles. The molecule has 0 spiro atoms. The Balaban J connectivity index is 2.32. The van der Waals surface area contributed by atoms with Crippen LogP contribution in [0.4, 0.5) is 0 Å². The summed E-state index contributed by atoms with van der Waals surface area (Å²) >= 11 is 0. The Hall–Kier alpha value is 0.110. The zero-order chi connectivity index (χ0) is 11.1. The summed E-state index contributed by atoms with van der Waals surface area (Å²) in [5, 5.41) is 0. The van der Waals surface area contributed by atoms with Crippen molar-refractivity contribution in [2.75, 3.05) is 39.0 Å². The molecule has 90 valence electrons. The molecule has 15 heavy (non-hydrogen) atoms. The fourth-order valence-corrected chi connectivity index (χ4v) is 3.48. The second-order valence-corrected chi connectivity index (χ2v) is 5.90. The first kappa shape index (κ1) is 13.2. The molecule has 1 aliphatic heterocycles. The molecule has 0 aromatic heterocycles. The molecule has 1 heterocycles. The van der Waals surface area contributed by atoms with Crippen LogP contribution in [0.3, 0.4) is 0 Å². The molecule has 0 bridgehead atoms. The Kier molecular flexibility index (Phi) is 5.83. The van der Waals surface area contributed by atoms with Crippen LogP contribution in [0.15, 0.2) is 0 Å². The Labute approximate surface area is 92.5 Å². The van der Waals surface area contributed by atoms with Crippen LogP contribution in [0.5, 0.6) is 0 Å². The smallest absolute Gasteiger partial charge is 0.309 e. The summed E-state index contributed by atoms with van der Waals surface area (Å²) in [7, 11) is -2.81. The highest BCUT2D eigenvalue weighted by molar-refractivity contribution is 7.53. The summed E-state index contributed by atoms with van der Waals surface area (Å²) in [6.45, 7) is 7.69. The first-order chi connectivity index (χ1) is 7.20. The molecule has 0 aromatic rings. The standard InChI is InChI=1S/C10H22NO3P/c1-3-13-15(12,14-4-2)10-9-11-7-5-6-8-11/h3-10H2,1-2H3. The summed E-state index contributed by atoms with van der Waals surface area (Å²) in [5.41, 5.74) is 0. The molecular weight excluding hydrogens is 213 g/mol. The topological polar surface area (TPSA) is 38.8 Å². The van der Waals surface area contributed by atoms with E-state index in [1.54, 1.807) is 0 Å². The van der Waals surface area contributed by atoms with Gasteiger partial charge in [0.2, 0.25) is 0 Å². The number of hydrogen-bond acceptors (Lipinski definition) is 4. The summed E-state index contributed by atoms with van der Waals surface area (Å²) in [5.74, 6) is 0. The Bertz CT molecular complexity index is 207. The highest BCUT2D eigenvalue weighted by Crippen LogP contribution is 2.47. The molecule has 5 heteroatoms. The van der Waals surface area contributed by atoms with E-state index in [2.05, 4.69) is 4.90 Å². The highest BCUT2D eigenvalue weighted by Gasteiger charge is 2.25. The van der Waals surface area contributed by atoms with E-state index in [4.69, 9.17) is 9.05 Å². The molecule has 0 unspecified atom stereocenters. The van der Waals surface area contributed by atoms with Crippen LogP contribution in [0.25, 0.3) is 0 Å². The van der Waals surface area contributed by atoms with Gasteiger partial charge in [0, 0.05) is 6.54 Å². The van der Waals surface area contributed by atoms with Crippen molar-refractivity contribution in [2.24, 2.45) is 0 Å². The van der Waals surface area contributed by atoms with Gasteiger partial charge in [-0.1, -0.05) is 0 Å². The molecule has 0 N–H and O–H groups in total. The fraction of sp³-hybridized carbons (Fsp3) is 1.00. The van der Waals surface area contributed by atoms with Crippen molar-refractivity contribution in [1.82, 2.24) is 4.90 Å². The predicted octanol–water partition coefficient (Wildman–Crippen LogP) is 2.35. The number of hydrogen-bond donors (Lipinski definition) is 0. The van der Waals surface area contributed by atoms with E-state index in [9.17, 15) is 4.57 Å². The minimum absolute atomic E-state index is 0.456. The second-order valence-electron chi connectivity index (χ2n) is 3.72. The van der Waals surface area contributed by atoms with Gasteiger partial charge in [0.25, 0.3) is 0 Å². The molecule has 1 fully saturated rings. The summed E-state index contributed by atoms with van der Waals surface area (Å²) in [6, 6.07) is 0. The van der Waals surface area contributed by atoms with Crippen LogP contribution in [0.2, 0.25) is 0 Å². The maximum absolute atomic E-state index is 12.1. The molecule has 0 amide bonds. The third kappa shape index (κ3) is 4.64. The fourth-order valence-electron chi connectivity index (χ4n) is 1.83. The van der Waals surface area contributed by atoms with Crippen molar-refractivity contribution in [3.8, 4) is 0 Å². The Morgan fingerprint density at radius 3 is 2.13 bits per heavy atom. The van der Waals surface area contributed by atoms with Gasteiger partial charge in [0.15, 0.2) is 0 Å². The van der Waals surface area contributed by atoms with Gasteiger partial charge in [-0.15, -0.1) is 0 Å². The number of nitrogens with zero attached hydrogens (tertiary/aromatic N) is 1. The van der Waals surface area contributed by atoms with Gasteiger partial charge in [-0.25, -0.2) is 0 Å². The van der Waals surface area contributed by atoms with Crippen LogP contribution < -0.4 is 0 Å². The van der Waals surface area contributed by atoms with Gasteiger partial charge >= 0.3 is 7.60 Å².